The molecule has 2 rings (SSSR count). The van der Waals surface area contributed by atoms with E-state index in [4.69, 9.17) is 10.5 Å². The Morgan fingerprint density at radius 1 is 1.35 bits per heavy atom. The third-order valence-electron chi connectivity index (χ3n) is 2.47. The van der Waals surface area contributed by atoms with Crippen molar-refractivity contribution in [3.05, 3.63) is 42.0 Å². The molecular weight excluding hydrogens is 221 g/mol. The zero-order chi connectivity index (χ0) is 12.4. The van der Waals surface area contributed by atoms with Gasteiger partial charge in [0.15, 0.2) is 0 Å². The van der Waals surface area contributed by atoms with Crippen molar-refractivity contribution in [2.24, 2.45) is 12.8 Å². The maximum atomic E-state index is 12.7. The molecule has 0 fully saturated rings. The summed E-state index contributed by atoms with van der Waals surface area (Å²) < 4.78 is 20.0. The summed E-state index contributed by atoms with van der Waals surface area (Å²) in [5.74, 6) is 0.241. The Kier molecular flexibility index (Phi) is 3.10. The number of hydrogen-bond acceptors (Lipinski definition) is 3. The number of imidazole rings is 1. The Hall–Kier alpha value is -1.88. The van der Waals surface area contributed by atoms with Crippen molar-refractivity contribution in [2.75, 3.05) is 0 Å². The first-order valence-corrected chi connectivity index (χ1v) is 5.28. The lowest BCUT2D eigenvalue weighted by Gasteiger charge is -2.08. The molecule has 1 atom stereocenters. The molecule has 1 aromatic heterocycles. The molecule has 0 saturated heterocycles. The average Bonchev–Trinajstić information content (AvgIpc) is 2.64. The highest BCUT2D eigenvalue weighted by molar-refractivity contribution is 5.26. The molecule has 4 nitrogen and oxygen atoms in total. The number of nitrogens with two attached hydrogens (primary N) is 1. The summed E-state index contributed by atoms with van der Waals surface area (Å²) >= 11 is 0. The molecule has 17 heavy (non-hydrogen) atoms. The minimum absolute atomic E-state index is 0.113. The quantitative estimate of drug-likeness (QED) is 0.888. The minimum Gasteiger partial charge on any atom is -0.426 e. The van der Waals surface area contributed by atoms with Gasteiger partial charge in [-0.3, -0.25) is 4.57 Å². The third kappa shape index (κ3) is 2.45. The van der Waals surface area contributed by atoms with Crippen molar-refractivity contribution in [1.29, 1.82) is 0 Å². The lowest BCUT2D eigenvalue weighted by molar-refractivity contribution is 0.419. The number of hydrogen-bond donors (Lipinski definition) is 1. The van der Waals surface area contributed by atoms with Crippen LogP contribution in [-0.2, 0) is 7.05 Å². The van der Waals surface area contributed by atoms with Gasteiger partial charge in [0, 0.05) is 13.1 Å². The number of rotatable bonds is 3. The summed E-state index contributed by atoms with van der Waals surface area (Å²) in [6.07, 6.45) is 1.67. The largest absolute Gasteiger partial charge is 0.426 e. The molecule has 0 aliphatic rings. The smallest absolute Gasteiger partial charge is 0.301 e. The Labute approximate surface area is 98.8 Å². The molecule has 0 amide bonds. The second-order valence-electron chi connectivity index (χ2n) is 3.87. The Bertz CT molecular complexity index is 505. The summed E-state index contributed by atoms with van der Waals surface area (Å²) in [5.41, 5.74) is 6.65. The molecule has 0 aliphatic heterocycles. The highest BCUT2D eigenvalue weighted by Crippen LogP contribution is 2.22. The summed E-state index contributed by atoms with van der Waals surface area (Å²) in [6.45, 7) is 1.87. The molecule has 0 bridgehead atoms. The summed E-state index contributed by atoms with van der Waals surface area (Å²) in [4.78, 5) is 4.12. The first kappa shape index (κ1) is 11.6. The maximum absolute atomic E-state index is 12.7. The molecule has 0 radical (unpaired) electrons. The molecule has 2 N–H and O–H groups in total. The van der Waals surface area contributed by atoms with Crippen LogP contribution in [0.15, 0.2) is 30.5 Å². The topological polar surface area (TPSA) is 53.1 Å². The average molecular weight is 235 g/mol. The third-order valence-corrected chi connectivity index (χ3v) is 2.47. The van der Waals surface area contributed by atoms with E-state index in [0.29, 0.717) is 11.8 Å². The number of ether oxygens (including phenoxy) is 1. The van der Waals surface area contributed by atoms with Crippen LogP contribution in [0.1, 0.15) is 18.7 Å². The molecular formula is C12H14FN3O. The second-order valence-corrected chi connectivity index (χ2v) is 3.87. The van der Waals surface area contributed by atoms with Gasteiger partial charge in [-0.25, -0.2) is 9.37 Å². The monoisotopic (exact) mass is 235 g/mol. The van der Waals surface area contributed by atoms with Crippen LogP contribution in [0.25, 0.3) is 0 Å². The van der Waals surface area contributed by atoms with Crippen LogP contribution in [0.2, 0.25) is 0 Å². The van der Waals surface area contributed by atoms with Crippen molar-refractivity contribution in [1.82, 2.24) is 9.55 Å². The number of aromatic nitrogens is 2. The summed E-state index contributed by atoms with van der Waals surface area (Å²) in [7, 11) is 1.82. The number of nitrogens with zero attached hydrogens (tertiary/aromatic N) is 2. The Morgan fingerprint density at radius 3 is 2.53 bits per heavy atom. The van der Waals surface area contributed by atoms with Gasteiger partial charge in [0.25, 0.3) is 0 Å². The van der Waals surface area contributed by atoms with Gasteiger partial charge < -0.3 is 10.5 Å². The van der Waals surface area contributed by atoms with E-state index in [1.165, 1.54) is 12.1 Å². The zero-order valence-corrected chi connectivity index (χ0v) is 9.72. The molecule has 0 saturated carbocycles. The van der Waals surface area contributed by atoms with Crippen molar-refractivity contribution in [2.45, 2.75) is 13.0 Å². The normalized spacial score (nSPS) is 12.5. The van der Waals surface area contributed by atoms with Crippen LogP contribution >= 0.6 is 0 Å². The van der Waals surface area contributed by atoms with Crippen LogP contribution in [0.3, 0.4) is 0 Å². The van der Waals surface area contributed by atoms with Gasteiger partial charge in [-0.15, -0.1) is 0 Å². The second kappa shape index (κ2) is 4.55. The van der Waals surface area contributed by atoms with E-state index in [1.807, 2.05) is 14.0 Å². The van der Waals surface area contributed by atoms with E-state index in [-0.39, 0.29) is 11.9 Å². The molecule has 1 heterocycles. The Balaban J connectivity index is 2.22. The van der Waals surface area contributed by atoms with Crippen LogP contribution in [-0.4, -0.2) is 9.55 Å². The van der Waals surface area contributed by atoms with Gasteiger partial charge in [0.2, 0.25) is 0 Å². The van der Waals surface area contributed by atoms with E-state index >= 15 is 0 Å². The van der Waals surface area contributed by atoms with E-state index in [2.05, 4.69) is 4.98 Å². The molecule has 5 heteroatoms. The van der Waals surface area contributed by atoms with Crippen molar-refractivity contribution < 1.29 is 9.13 Å². The van der Waals surface area contributed by atoms with E-state index in [1.54, 1.807) is 22.9 Å². The van der Waals surface area contributed by atoms with Gasteiger partial charge >= 0.3 is 6.01 Å². The van der Waals surface area contributed by atoms with Gasteiger partial charge in [0.1, 0.15) is 11.6 Å². The van der Waals surface area contributed by atoms with E-state index in [0.717, 1.165) is 5.69 Å². The van der Waals surface area contributed by atoms with Crippen LogP contribution in [0.4, 0.5) is 4.39 Å². The molecule has 1 unspecified atom stereocenters. The lowest BCUT2D eigenvalue weighted by atomic mass is 10.3. The van der Waals surface area contributed by atoms with Gasteiger partial charge in [-0.05, 0) is 31.2 Å². The van der Waals surface area contributed by atoms with Gasteiger partial charge in [0.05, 0.1) is 11.9 Å². The lowest BCUT2D eigenvalue weighted by Crippen LogP contribution is -2.10. The summed E-state index contributed by atoms with van der Waals surface area (Å²) in [6, 6.07) is 6.10. The minimum atomic E-state index is -0.298. The molecule has 0 aliphatic carbocycles. The van der Waals surface area contributed by atoms with E-state index < -0.39 is 0 Å². The van der Waals surface area contributed by atoms with Crippen LogP contribution in [0, 0.1) is 5.82 Å². The molecule has 90 valence electrons. The molecule has 1 aromatic carbocycles. The maximum Gasteiger partial charge on any atom is 0.301 e. The van der Waals surface area contributed by atoms with E-state index in [9.17, 15) is 4.39 Å². The zero-order valence-electron chi connectivity index (χ0n) is 9.72. The fourth-order valence-electron chi connectivity index (χ4n) is 1.53. The van der Waals surface area contributed by atoms with Crippen molar-refractivity contribution >= 4 is 0 Å². The van der Waals surface area contributed by atoms with Gasteiger partial charge in [-0.2, -0.15) is 0 Å². The van der Waals surface area contributed by atoms with Crippen molar-refractivity contribution in [3.8, 4) is 11.8 Å². The highest BCUT2D eigenvalue weighted by atomic mass is 19.1. The highest BCUT2D eigenvalue weighted by Gasteiger charge is 2.11. The fourth-order valence-corrected chi connectivity index (χ4v) is 1.53. The predicted molar refractivity (Wildman–Crippen MR) is 62.3 cm³/mol. The van der Waals surface area contributed by atoms with Crippen molar-refractivity contribution in [3.63, 3.8) is 0 Å². The summed E-state index contributed by atoms with van der Waals surface area (Å²) in [5, 5.41) is 0. The standard InChI is InChI=1S/C12H14FN3O/c1-8(14)11-7-15-12(16(11)2)17-10-5-3-9(13)4-6-10/h3-8H,14H2,1-2H3. The van der Waals surface area contributed by atoms with Crippen LogP contribution in [0.5, 0.6) is 11.8 Å². The number of benzene rings is 1. The first-order chi connectivity index (χ1) is 8.08. The Morgan fingerprint density at radius 2 is 2.00 bits per heavy atom. The molecule has 2 aromatic rings. The molecule has 0 spiro atoms. The SMILES string of the molecule is CC(N)c1cnc(Oc2ccc(F)cc2)n1C. The predicted octanol–water partition coefficient (Wildman–Crippen LogP) is 2.37. The number of halogens is 1. The van der Waals surface area contributed by atoms with Crippen LogP contribution < -0.4 is 10.5 Å². The van der Waals surface area contributed by atoms with Gasteiger partial charge in [-0.1, -0.05) is 0 Å². The first-order valence-electron chi connectivity index (χ1n) is 5.28. The fraction of sp³-hybridized carbons (Fsp3) is 0.250.